The van der Waals surface area contributed by atoms with Crippen molar-refractivity contribution in [3.05, 3.63) is 45.2 Å². The van der Waals surface area contributed by atoms with Crippen molar-refractivity contribution in [2.45, 2.75) is 27.2 Å². The van der Waals surface area contributed by atoms with Gasteiger partial charge in [0.15, 0.2) is 0 Å². The molecular formula is C14H16N2O2. The molecule has 0 fully saturated rings. The highest BCUT2D eigenvalue weighted by atomic mass is 16.3. The van der Waals surface area contributed by atoms with Gasteiger partial charge in [0.25, 0.3) is 5.56 Å². The second-order valence-electron chi connectivity index (χ2n) is 4.37. The van der Waals surface area contributed by atoms with Gasteiger partial charge in [0.05, 0.1) is 5.56 Å². The quantitative estimate of drug-likeness (QED) is 0.852. The summed E-state index contributed by atoms with van der Waals surface area (Å²) in [7, 11) is 0. The van der Waals surface area contributed by atoms with Crippen molar-refractivity contribution < 1.29 is 5.11 Å². The molecule has 1 aromatic heterocycles. The zero-order valence-corrected chi connectivity index (χ0v) is 10.7. The van der Waals surface area contributed by atoms with Crippen LogP contribution in [0.2, 0.25) is 0 Å². The molecule has 2 N–H and O–H groups in total. The zero-order chi connectivity index (χ0) is 13.3. The molecule has 4 nitrogen and oxygen atoms in total. The van der Waals surface area contributed by atoms with Crippen LogP contribution in [0.25, 0.3) is 11.4 Å². The van der Waals surface area contributed by atoms with Crippen LogP contribution in [0.5, 0.6) is 5.88 Å². The molecule has 1 aromatic carbocycles. The minimum Gasteiger partial charge on any atom is -0.493 e. The Kier molecular flexibility index (Phi) is 3.19. The third-order valence-electron chi connectivity index (χ3n) is 3.13. The van der Waals surface area contributed by atoms with Crippen LogP contribution >= 0.6 is 0 Å². The number of hydrogen-bond donors (Lipinski definition) is 2. The van der Waals surface area contributed by atoms with Gasteiger partial charge >= 0.3 is 0 Å². The Morgan fingerprint density at radius 2 is 2.00 bits per heavy atom. The van der Waals surface area contributed by atoms with E-state index in [2.05, 4.69) is 9.97 Å². The van der Waals surface area contributed by atoms with Gasteiger partial charge < -0.3 is 10.1 Å². The average molecular weight is 244 g/mol. The van der Waals surface area contributed by atoms with Crippen molar-refractivity contribution in [1.29, 1.82) is 0 Å². The van der Waals surface area contributed by atoms with E-state index < -0.39 is 0 Å². The molecule has 94 valence electrons. The summed E-state index contributed by atoms with van der Waals surface area (Å²) in [4.78, 5) is 18.5. The Bertz CT molecular complexity index is 645. The predicted molar refractivity (Wildman–Crippen MR) is 70.8 cm³/mol. The number of nitrogens with one attached hydrogen (secondary N) is 1. The Morgan fingerprint density at radius 3 is 2.56 bits per heavy atom. The van der Waals surface area contributed by atoms with E-state index in [1.807, 2.05) is 39.0 Å². The molecule has 0 aliphatic heterocycles. The Labute approximate surface area is 105 Å². The lowest BCUT2D eigenvalue weighted by atomic mass is 10.1. The fourth-order valence-corrected chi connectivity index (χ4v) is 1.83. The van der Waals surface area contributed by atoms with E-state index in [1.165, 1.54) is 5.56 Å². The fourth-order valence-electron chi connectivity index (χ4n) is 1.83. The van der Waals surface area contributed by atoms with E-state index in [0.29, 0.717) is 17.8 Å². The SMILES string of the molecule is CCc1c(O)nc(-c2ccc(C)c(C)c2)[nH]c1=O. The Balaban J connectivity index is 2.58. The number of aryl methyl sites for hydroxylation is 2. The van der Waals surface area contributed by atoms with Crippen molar-refractivity contribution in [2.24, 2.45) is 0 Å². The molecule has 0 unspecified atom stereocenters. The highest BCUT2D eigenvalue weighted by molar-refractivity contribution is 5.57. The van der Waals surface area contributed by atoms with Crippen LogP contribution in [0.4, 0.5) is 0 Å². The van der Waals surface area contributed by atoms with Crippen molar-refractivity contribution in [1.82, 2.24) is 9.97 Å². The molecule has 0 bridgehead atoms. The van der Waals surface area contributed by atoms with E-state index in [4.69, 9.17) is 0 Å². The highest BCUT2D eigenvalue weighted by Gasteiger charge is 2.10. The van der Waals surface area contributed by atoms with Crippen molar-refractivity contribution >= 4 is 0 Å². The number of hydrogen-bond acceptors (Lipinski definition) is 3. The monoisotopic (exact) mass is 244 g/mol. The first-order valence-electron chi connectivity index (χ1n) is 5.92. The van der Waals surface area contributed by atoms with Gasteiger partial charge in [-0.15, -0.1) is 0 Å². The van der Waals surface area contributed by atoms with Crippen molar-refractivity contribution in [3.8, 4) is 17.3 Å². The topological polar surface area (TPSA) is 66.0 Å². The second-order valence-corrected chi connectivity index (χ2v) is 4.37. The molecule has 0 amide bonds. The van der Waals surface area contributed by atoms with Crippen molar-refractivity contribution in [3.63, 3.8) is 0 Å². The molecule has 18 heavy (non-hydrogen) atoms. The van der Waals surface area contributed by atoms with Crippen LogP contribution in [-0.2, 0) is 6.42 Å². The molecule has 1 heterocycles. The van der Waals surface area contributed by atoms with Crippen LogP contribution in [0.1, 0.15) is 23.6 Å². The molecular weight excluding hydrogens is 228 g/mol. The number of aromatic hydroxyl groups is 1. The summed E-state index contributed by atoms with van der Waals surface area (Å²) in [5.41, 5.74) is 3.14. The largest absolute Gasteiger partial charge is 0.493 e. The van der Waals surface area contributed by atoms with Gasteiger partial charge in [0.1, 0.15) is 5.82 Å². The zero-order valence-electron chi connectivity index (χ0n) is 10.7. The third-order valence-corrected chi connectivity index (χ3v) is 3.13. The summed E-state index contributed by atoms with van der Waals surface area (Å²) < 4.78 is 0. The standard InChI is InChI=1S/C14H16N2O2/c1-4-11-13(17)15-12(16-14(11)18)10-6-5-8(2)9(3)7-10/h5-7H,4H2,1-3H3,(H2,15,16,17,18). The first-order chi connectivity index (χ1) is 8.52. The summed E-state index contributed by atoms with van der Waals surface area (Å²) in [6.07, 6.45) is 0.460. The number of aromatic amines is 1. The molecule has 0 saturated heterocycles. The lowest BCUT2D eigenvalue weighted by molar-refractivity contribution is 0.444. The average Bonchev–Trinajstić information content (AvgIpc) is 2.32. The lowest BCUT2D eigenvalue weighted by Crippen LogP contribution is -2.14. The summed E-state index contributed by atoms with van der Waals surface area (Å²) >= 11 is 0. The minimum atomic E-state index is -0.279. The lowest BCUT2D eigenvalue weighted by Gasteiger charge is -2.06. The maximum atomic E-state index is 11.8. The van der Waals surface area contributed by atoms with Crippen molar-refractivity contribution in [2.75, 3.05) is 0 Å². The molecule has 0 radical (unpaired) electrons. The molecule has 2 aromatic rings. The van der Waals surface area contributed by atoms with Crippen LogP contribution in [0.3, 0.4) is 0 Å². The van der Waals surface area contributed by atoms with E-state index >= 15 is 0 Å². The maximum Gasteiger partial charge on any atom is 0.258 e. The highest BCUT2D eigenvalue weighted by Crippen LogP contribution is 2.20. The van der Waals surface area contributed by atoms with Gasteiger partial charge in [0.2, 0.25) is 5.88 Å². The van der Waals surface area contributed by atoms with E-state index in [0.717, 1.165) is 11.1 Å². The van der Waals surface area contributed by atoms with E-state index in [-0.39, 0.29) is 11.4 Å². The Morgan fingerprint density at radius 1 is 1.28 bits per heavy atom. The molecule has 0 aliphatic carbocycles. The first kappa shape index (κ1) is 12.4. The van der Waals surface area contributed by atoms with Crippen LogP contribution in [-0.4, -0.2) is 15.1 Å². The molecule has 0 saturated carbocycles. The summed E-state index contributed by atoms with van der Waals surface area (Å²) in [5, 5.41) is 9.73. The number of aromatic nitrogens is 2. The van der Waals surface area contributed by atoms with Gasteiger partial charge in [0, 0.05) is 5.56 Å². The fraction of sp³-hybridized carbons (Fsp3) is 0.286. The third kappa shape index (κ3) is 2.14. The number of rotatable bonds is 2. The maximum absolute atomic E-state index is 11.8. The number of H-pyrrole nitrogens is 1. The van der Waals surface area contributed by atoms with E-state index in [1.54, 1.807) is 0 Å². The number of benzene rings is 1. The van der Waals surface area contributed by atoms with Gasteiger partial charge in [-0.25, -0.2) is 0 Å². The summed E-state index contributed by atoms with van der Waals surface area (Å²) in [6.45, 7) is 5.83. The summed E-state index contributed by atoms with van der Waals surface area (Å²) in [6, 6.07) is 5.79. The predicted octanol–water partition coefficient (Wildman–Crippen LogP) is 2.32. The molecule has 0 aliphatic rings. The van der Waals surface area contributed by atoms with Crippen LogP contribution in [0.15, 0.2) is 23.0 Å². The number of nitrogens with zero attached hydrogens (tertiary/aromatic N) is 1. The molecule has 0 spiro atoms. The van der Waals surface area contributed by atoms with Gasteiger partial charge in [-0.3, -0.25) is 4.79 Å². The normalized spacial score (nSPS) is 10.6. The van der Waals surface area contributed by atoms with Gasteiger partial charge in [-0.1, -0.05) is 19.1 Å². The van der Waals surface area contributed by atoms with Gasteiger partial charge in [-0.05, 0) is 37.5 Å². The van der Waals surface area contributed by atoms with Crippen LogP contribution in [0, 0.1) is 13.8 Å². The Hall–Kier alpha value is -2.10. The second kappa shape index (κ2) is 4.64. The molecule has 0 atom stereocenters. The van der Waals surface area contributed by atoms with E-state index in [9.17, 15) is 9.90 Å². The first-order valence-corrected chi connectivity index (χ1v) is 5.92. The molecule has 2 rings (SSSR count). The summed E-state index contributed by atoms with van der Waals surface area (Å²) in [5.74, 6) is 0.215. The molecule has 4 heteroatoms. The van der Waals surface area contributed by atoms with Gasteiger partial charge in [-0.2, -0.15) is 4.98 Å². The van der Waals surface area contributed by atoms with Crippen LogP contribution < -0.4 is 5.56 Å². The minimum absolute atomic E-state index is 0.186. The smallest absolute Gasteiger partial charge is 0.258 e.